The van der Waals surface area contributed by atoms with Crippen molar-refractivity contribution >= 4 is 17.4 Å². The Morgan fingerprint density at radius 3 is 2.58 bits per heavy atom. The SMILES string of the molecule is Cc1cc([N+](=O)[O-])ccc1NC(=O)NC(C)CN1CCN(C)CC1. The minimum Gasteiger partial charge on any atom is -0.334 e. The molecule has 0 aliphatic carbocycles. The molecular weight excluding hydrogens is 310 g/mol. The molecule has 1 saturated heterocycles. The van der Waals surface area contributed by atoms with Gasteiger partial charge in [-0.3, -0.25) is 15.0 Å². The second-order valence-corrected chi connectivity index (χ2v) is 6.36. The highest BCUT2D eigenvalue weighted by molar-refractivity contribution is 5.90. The number of aryl methyl sites for hydroxylation is 1. The zero-order chi connectivity index (χ0) is 17.7. The van der Waals surface area contributed by atoms with Gasteiger partial charge in [-0.05, 0) is 32.5 Å². The monoisotopic (exact) mass is 335 g/mol. The third-order valence-corrected chi connectivity index (χ3v) is 4.17. The van der Waals surface area contributed by atoms with E-state index in [1.54, 1.807) is 13.0 Å². The van der Waals surface area contributed by atoms with Crippen LogP contribution in [0.5, 0.6) is 0 Å². The van der Waals surface area contributed by atoms with E-state index in [0.29, 0.717) is 11.3 Å². The van der Waals surface area contributed by atoms with Crippen molar-refractivity contribution in [2.45, 2.75) is 19.9 Å². The molecule has 1 fully saturated rings. The number of carbonyl (C=O) groups excluding carboxylic acids is 1. The first-order valence-electron chi connectivity index (χ1n) is 8.08. The standard InChI is InChI=1S/C16H25N5O3/c1-12-10-14(21(23)24)4-5-15(12)18-16(22)17-13(2)11-20-8-6-19(3)7-9-20/h4-5,10,13H,6-9,11H2,1-3H3,(H2,17,18,22). The molecule has 1 unspecified atom stereocenters. The summed E-state index contributed by atoms with van der Waals surface area (Å²) in [6.45, 7) is 8.61. The van der Waals surface area contributed by atoms with Gasteiger partial charge in [-0.1, -0.05) is 0 Å². The van der Waals surface area contributed by atoms with Crippen LogP contribution in [0.4, 0.5) is 16.2 Å². The fourth-order valence-electron chi connectivity index (χ4n) is 2.75. The molecule has 2 amide bonds. The van der Waals surface area contributed by atoms with Gasteiger partial charge in [0, 0.05) is 56.6 Å². The lowest BCUT2D eigenvalue weighted by Gasteiger charge is -2.34. The fourth-order valence-corrected chi connectivity index (χ4v) is 2.75. The first kappa shape index (κ1) is 18.2. The van der Waals surface area contributed by atoms with E-state index < -0.39 is 4.92 Å². The van der Waals surface area contributed by atoms with Gasteiger partial charge in [0.05, 0.1) is 4.92 Å². The highest BCUT2D eigenvalue weighted by atomic mass is 16.6. The molecule has 24 heavy (non-hydrogen) atoms. The molecular formula is C16H25N5O3. The number of anilines is 1. The minimum absolute atomic E-state index is 0.0156. The molecule has 1 aromatic carbocycles. The Balaban J connectivity index is 1.83. The van der Waals surface area contributed by atoms with Gasteiger partial charge < -0.3 is 15.5 Å². The predicted molar refractivity (Wildman–Crippen MR) is 93.4 cm³/mol. The number of hydrogen-bond acceptors (Lipinski definition) is 5. The molecule has 8 nitrogen and oxygen atoms in total. The van der Waals surface area contributed by atoms with Gasteiger partial charge in [-0.2, -0.15) is 0 Å². The number of non-ortho nitro benzene ring substituents is 1. The average Bonchev–Trinajstić information content (AvgIpc) is 2.51. The second kappa shape index (κ2) is 8.07. The van der Waals surface area contributed by atoms with Gasteiger partial charge in [0.15, 0.2) is 0 Å². The van der Waals surface area contributed by atoms with Crippen LogP contribution in [-0.4, -0.2) is 66.6 Å². The number of carbonyl (C=O) groups is 1. The molecule has 0 aromatic heterocycles. The van der Waals surface area contributed by atoms with Gasteiger partial charge in [-0.25, -0.2) is 4.79 Å². The largest absolute Gasteiger partial charge is 0.334 e. The number of likely N-dealkylation sites (N-methyl/N-ethyl adjacent to an activating group) is 1. The number of nitro benzene ring substituents is 1. The van der Waals surface area contributed by atoms with E-state index in [1.165, 1.54) is 12.1 Å². The third kappa shape index (κ3) is 5.17. The molecule has 132 valence electrons. The molecule has 0 saturated carbocycles. The number of urea groups is 1. The number of nitrogens with one attached hydrogen (secondary N) is 2. The summed E-state index contributed by atoms with van der Waals surface area (Å²) in [5.41, 5.74) is 1.25. The summed E-state index contributed by atoms with van der Waals surface area (Å²) in [4.78, 5) is 27.0. The molecule has 2 N–H and O–H groups in total. The third-order valence-electron chi connectivity index (χ3n) is 4.17. The predicted octanol–water partition coefficient (Wildman–Crippen LogP) is 1.66. The van der Waals surface area contributed by atoms with E-state index in [1.807, 2.05) is 6.92 Å². The van der Waals surface area contributed by atoms with Crippen molar-refractivity contribution in [3.05, 3.63) is 33.9 Å². The van der Waals surface area contributed by atoms with E-state index in [4.69, 9.17) is 0 Å². The highest BCUT2D eigenvalue weighted by Crippen LogP contribution is 2.21. The smallest absolute Gasteiger partial charge is 0.319 e. The lowest BCUT2D eigenvalue weighted by molar-refractivity contribution is -0.384. The van der Waals surface area contributed by atoms with Crippen LogP contribution in [0.1, 0.15) is 12.5 Å². The van der Waals surface area contributed by atoms with E-state index in [2.05, 4.69) is 27.5 Å². The van der Waals surface area contributed by atoms with Crippen LogP contribution in [-0.2, 0) is 0 Å². The van der Waals surface area contributed by atoms with Gasteiger partial charge in [0.1, 0.15) is 0 Å². The maximum absolute atomic E-state index is 12.1. The van der Waals surface area contributed by atoms with Crippen molar-refractivity contribution in [1.29, 1.82) is 0 Å². The first-order chi connectivity index (χ1) is 11.3. The van der Waals surface area contributed by atoms with Crippen LogP contribution in [0, 0.1) is 17.0 Å². The Morgan fingerprint density at radius 2 is 2.00 bits per heavy atom. The minimum atomic E-state index is -0.449. The highest BCUT2D eigenvalue weighted by Gasteiger charge is 2.17. The van der Waals surface area contributed by atoms with E-state index >= 15 is 0 Å². The van der Waals surface area contributed by atoms with Crippen LogP contribution in [0.2, 0.25) is 0 Å². The van der Waals surface area contributed by atoms with Crippen molar-refractivity contribution in [2.24, 2.45) is 0 Å². The summed E-state index contributed by atoms with van der Waals surface area (Å²) in [5.74, 6) is 0. The van der Waals surface area contributed by atoms with Crippen LogP contribution < -0.4 is 10.6 Å². The summed E-state index contributed by atoms with van der Waals surface area (Å²) in [5, 5.41) is 16.4. The quantitative estimate of drug-likeness (QED) is 0.631. The molecule has 1 aromatic rings. The number of benzene rings is 1. The van der Waals surface area contributed by atoms with Crippen LogP contribution in [0.15, 0.2) is 18.2 Å². The zero-order valence-electron chi connectivity index (χ0n) is 14.4. The number of rotatable bonds is 5. The molecule has 1 atom stereocenters. The molecule has 8 heteroatoms. The number of nitrogens with zero attached hydrogens (tertiary/aromatic N) is 3. The lowest BCUT2D eigenvalue weighted by atomic mass is 10.2. The normalized spacial score (nSPS) is 17.3. The van der Waals surface area contributed by atoms with Crippen LogP contribution >= 0.6 is 0 Å². The van der Waals surface area contributed by atoms with Gasteiger partial charge >= 0.3 is 6.03 Å². The number of piperazine rings is 1. The molecule has 0 spiro atoms. The fraction of sp³-hybridized carbons (Fsp3) is 0.562. The van der Waals surface area contributed by atoms with Gasteiger partial charge in [0.2, 0.25) is 0 Å². The Morgan fingerprint density at radius 1 is 1.33 bits per heavy atom. The summed E-state index contributed by atoms with van der Waals surface area (Å²) < 4.78 is 0. The van der Waals surface area contributed by atoms with Crippen LogP contribution in [0.3, 0.4) is 0 Å². The van der Waals surface area contributed by atoms with Gasteiger partial charge in [-0.15, -0.1) is 0 Å². The topological polar surface area (TPSA) is 90.8 Å². The second-order valence-electron chi connectivity index (χ2n) is 6.36. The Bertz CT molecular complexity index is 599. The summed E-state index contributed by atoms with van der Waals surface area (Å²) >= 11 is 0. The van der Waals surface area contributed by atoms with E-state index in [-0.39, 0.29) is 17.8 Å². The van der Waals surface area contributed by atoms with E-state index in [0.717, 1.165) is 32.7 Å². The Labute approximate surface area is 142 Å². The summed E-state index contributed by atoms with van der Waals surface area (Å²) in [7, 11) is 2.11. The molecule has 1 aliphatic heterocycles. The molecule has 0 bridgehead atoms. The van der Waals surface area contributed by atoms with Crippen molar-refractivity contribution in [3.8, 4) is 0 Å². The van der Waals surface area contributed by atoms with Crippen molar-refractivity contribution in [3.63, 3.8) is 0 Å². The number of amides is 2. The Hall–Kier alpha value is -2.19. The zero-order valence-corrected chi connectivity index (χ0v) is 14.4. The molecule has 2 rings (SSSR count). The Kier molecular flexibility index (Phi) is 6.10. The molecule has 1 heterocycles. The summed E-state index contributed by atoms with van der Waals surface area (Å²) in [6, 6.07) is 4.11. The van der Waals surface area contributed by atoms with Crippen molar-refractivity contribution in [1.82, 2.24) is 15.1 Å². The average molecular weight is 335 g/mol. The molecule has 0 radical (unpaired) electrons. The number of nitro groups is 1. The van der Waals surface area contributed by atoms with E-state index in [9.17, 15) is 14.9 Å². The molecule has 1 aliphatic rings. The van der Waals surface area contributed by atoms with Crippen molar-refractivity contribution in [2.75, 3.05) is 45.1 Å². The first-order valence-corrected chi connectivity index (χ1v) is 8.08. The van der Waals surface area contributed by atoms with Crippen molar-refractivity contribution < 1.29 is 9.72 Å². The number of hydrogen-bond donors (Lipinski definition) is 2. The lowest BCUT2D eigenvalue weighted by Crippen LogP contribution is -2.50. The maximum atomic E-state index is 12.1. The summed E-state index contributed by atoms with van der Waals surface area (Å²) in [6.07, 6.45) is 0. The maximum Gasteiger partial charge on any atom is 0.319 e. The van der Waals surface area contributed by atoms with Crippen LogP contribution in [0.25, 0.3) is 0 Å². The van der Waals surface area contributed by atoms with Gasteiger partial charge in [0.25, 0.3) is 5.69 Å².